The molecule has 84 valence electrons. The molecule has 2 heteroatoms. The first-order valence-corrected chi connectivity index (χ1v) is 9.11. The maximum absolute atomic E-state index is 5.82. The fourth-order valence-electron chi connectivity index (χ4n) is 1.50. The highest BCUT2D eigenvalue weighted by Gasteiger charge is 2.13. The van der Waals surface area contributed by atoms with E-state index in [0.717, 1.165) is 19.4 Å². The zero-order valence-corrected chi connectivity index (χ0v) is 11.3. The van der Waals surface area contributed by atoms with Crippen LogP contribution in [0.3, 0.4) is 0 Å². The van der Waals surface area contributed by atoms with Gasteiger partial charge in [0.15, 0.2) is 8.32 Å². The van der Waals surface area contributed by atoms with Crippen LogP contribution in [0, 0.1) is 0 Å². The second-order valence-electron chi connectivity index (χ2n) is 4.91. The average Bonchev–Trinajstić information content (AvgIpc) is 2.59. The molecule has 0 aromatic rings. The van der Waals surface area contributed by atoms with Gasteiger partial charge in [0.25, 0.3) is 0 Å². The van der Waals surface area contributed by atoms with Gasteiger partial charge >= 0.3 is 0 Å². The van der Waals surface area contributed by atoms with Gasteiger partial charge in [-0.3, -0.25) is 0 Å². The Labute approximate surface area is 94.7 Å². The number of hydrogen-bond acceptors (Lipinski definition) is 1. The first-order chi connectivity index (χ1) is 7.01. The third-order valence-electron chi connectivity index (χ3n) is 2.32. The van der Waals surface area contributed by atoms with Crippen molar-refractivity contribution < 1.29 is 4.43 Å². The van der Waals surface area contributed by atoms with Crippen LogP contribution >= 0.6 is 0 Å². The van der Waals surface area contributed by atoms with Gasteiger partial charge in [0, 0.05) is 6.61 Å². The minimum Gasteiger partial charge on any atom is -0.418 e. The van der Waals surface area contributed by atoms with E-state index in [9.17, 15) is 0 Å². The number of rotatable bonds is 5. The molecular weight excluding hydrogens is 200 g/mol. The lowest BCUT2D eigenvalue weighted by Gasteiger charge is -2.16. The van der Waals surface area contributed by atoms with Gasteiger partial charge in [-0.1, -0.05) is 24.3 Å². The molecule has 0 bridgehead atoms. The predicted octanol–water partition coefficient (Wildman–Crippen LogP) is 4.06. The highest BCUT2D eigenvalue weighted by molar-refractivity contribution is 6.69. The van der Waals surface area contributed by atoms with Crippen molar-refractivity contribution in [1.82, 2.24) is 0 Å². The van der Waals surface area contributed by atoms with Crippen molar-refractivity contribution in [3.05, 3.63) is 35.5 Å². The SMILES string of the molecule is CC=C1C=CC(CCCO[Si](C)(C)C)=C1. The molecule has 0 heterocycles. The normalized spacial score (nSPS) is 18.7. The molecule has 0 spiro atoms. The number of hydrogen-bond donors (Lipinski definition) is 0. The third kappa shape index (κ3) is 5.14. The smallest absolute Gasteiger partial charge is 0.183 e. The lowest BCUT2D eigenvalue weighted by atomic mass is 10.1. The summed E-state index contributed by atoms with van der Waals surface area (Å²) >= 11 is 0. The minimum absolute atomic E-state index is 0.909. The van der Waals surface area contributed by atoms with Gasteiger partial charge in [0.1, 0.15) is 0 Å². The van der Waals surface area contributed by atoms with E-state index in [1.165, 1.54) is 11.1 Å². The molecule has 0 aliphatic heterocycles. The molecule has 0 aromatic heterocycles. The summed E-state index contributed by atoms with van der Waals surface area (Å²) in [4.78, 5) is 0. The fraction of sp³-hybridized carbons (Fsp3) is 0.538. The molecule has 15 heavy (non-hydrogen) atoms. The summed E-state index contributed by atoms with van der Waals surface area (Å²) in [6.07, 6.45) is 11.1. The Morgan fingerprint density at radius 2 is 2.00 bits per heavy atom. The summed E-state index contributed by atoms with van der Waals surface area (Å²) in [5.74, 6) is 0. The van der Waals surface area contributed by atoms with Gasteiger partial charge in [-0.25, -0.2) is 0 Å². The molecule has 1 aliphatic carbocycles. The van der Waals surface area contributed by atoms with Crippen LogP contribution in [0.15, 0.2) is 35.5 Å². The van der Waals surface area contributed by atoms with Gasteiger partial charge in [-0.2, -0.15) is 0 Å². The molecule has 1 aliphatic rings. The Morgan fingerprint density at radius 3 is 2.53 bits per heavy atom. The second kappa shape index (κ2) is 5.47. The maximum atomic E-state index is 5.82. The lowest BCUT2D eigenvalue weighted by molar-refractivity contribution is 0.305. The van der Waals surface area contributed by atoms with Crippen LogP contribution in [0.1, 0.15) is 19.8 Å². The summed E-state index contributed by atoms with van der Waals surface area (Å²) in [6.45, 7) is 9.69. The first-order valence-electron chi connectivity index (χ1n) is 5.70. The standard InChI is InChI=1S/C13H22OSi/c1-5-12-8-9-13(11-12)7-6-10-14-15(2,3)4/h5,8-9,11H,6-7,10H2,1-4H3. The summed E-state index contributed by atoms with van der Waals surface area (Å²) in [7, 11) is -1.30. The van der Waals surface area contributed by atoms with Crippen LogP contribution in [-0.2, 0) is 4.43 Å². The zero-order valence-electron chi connectivity index (χ0n) is 10.3. The Kier molecular flexibility index (Phi) is 4.55. The van der Waals surface area contributed by atoms with Crippen molar-refractivity contribution in [2.24, 2.45) is 0 Å². The van der Waals surface area contributed by atoms with E-state index >= 15 is 0 Å². The van der Waals surface area contributed by atoms with Crippen LogP contribution in [0.4, 0.5) is 0 Å². The number of allylic oxidation sites excluding steroid dienone is 6. The largest absolute Gasteiger partial charge is 0.418 e. The van der Waals surface area contributed by atoms with Gasteiger partial charge in [-0.05, 0) is 50.6 Å². The molecule has 0 fully saturated rings. The van der Waals surface area contributed by atoms with E-state index < -0.39 is 8.32 Å². The van der Waals surface area contributed by atoms with Crippen molar-refractivity contribution in [3.8, 4) is 0 Å². The molecule has 0 saturated carbocycles. The van der Waals surface area contributed by atoms with Crippen LogP contribution in [-0.4, -0.2) is 14.9 Å². The highest BCUT2D eigenvalue weighted by atomic mass is 28.4. The summed E-state index contributed by atoms with van der Waals surface area (Å²) in [5, 5.41) is 0. The highest BCUT2D eigenvalue weighted by Crippen LogP contribution is 2.19. The fourth-order valence-corrected chi connectivity index (χ4v) is 2.26. The summed E-state index contributed by atoms with van der Waals surface area (Å²) in [6, 6.07) is 0. The van der Waals surface area contributed by atoms with Crippen LogP contribution < -0.4 is 0 Å². The van der Waals surface area contributed by atoms with Crippen molar-refractivity contribution in [1.29, 1.82) is 0 Å². The topological polar surface area (TPSA) is 9.23 Å². The van der Waals surface area contributed by atoms with Gasteiger partial charge < -0.3 is 4.43 Å². The van der Waals surface area contributed by atoms with Crippen molar-refractivity contribution in [2.75, 3.05) is 6.61 Å². The molecular formula is C13H22OSi. The van der Waals surface area contributed by atoms with Crippen LogP contribution in [0.2, 0.25) is 19.6 Å². The van der Waals surface area contributed by atoms with E-state index in [1.807, 2.05) is 0 Å². The Morgan fingerprint density at radius 1 is 1.27 bits per heavy atom. The Balaban J connectivity index is 2.20. The Hall–Kier alpha value is -0.603. The van der Waals surface area contributed by atoms with Gasteiger partial charge in [0.05, 0.1) is 0 Å². The molecule has 0 N–H and O–H groups in total. The molecule has 0 unspecified atom stereocenters. The van der Waals surface area contributed by atoms with Gasteiger partial charge in [-0.15, -0.1) is 0 Å². The second-order valence-corrected chi connectivity index (χ2v) is 9.42. The van der Waals surface area contributed by atoms with Crippen molar-refractivity contribution in [3.63, 3.8) is 0 Å². The molecule has 0 amide bonds. The molecule has 0 radical (unpaired) electrons. The van der Waals surface area contributed by atoms with E-state index in [-0.39, 0.29) is 0 Å². The van der Waals surface area contributed by atoms with Crippen LogP contribution in [0.5, 0.6) is 0 Å². The lowest BCUT2D eigenvalue weighted by Crippen LogP contribution is -2.25. The molecule has 0 aromatic carbocycles. The predicted molar refractivity (Wildman–Crippen MR) is 69.5 cm³/mol. The van der Waals surface area contributed by atoms with E-state index in [1.54, 1.807) is 0 Å². The van der Waals surface area contributed by atoms with E-state index in [0.29, 0.717) is 0 Å². The minimum atomic E-state index is -1.30. The summed E-state index contributed by atoms with van der Waals surface area (Å²) < 4.78 is 5.82. The monoisotopic (exact) mass is 222 g/mol. The summed E-state index contributed by atoms with van der Waals surface area (Å²) in [5.41, 5.74) is 2.76. The Bertz CT molecular complexity index is 292. The van der Waals surface area contributed by atoms with E-state index in [2.05, 4.69) is 50.9 Å². The first kappa shape index (κ1) is 12.5. The maximum Gasteiger partial charge on any atom is 0.183 e. The zero-order chi connectivity index (χ0) is 11.3. The molecule has 1 rings (SSSR count). The van der Waals surface area contributed by atoms with Crippen molar-refractivity contribution in [2.45, 2.75) is 39.4 Å². The molecule has 1 nitrogen and oxygen atoms in total. The third-order valence-corrected chi connectivity index (χ3v) is 3.39. The molecule has 0 saturated heterocycles. The van der Waals surface area contributed by atoms with Crippen LogP contribution in [0.25, 0.3) is 0 Å². The average molecular weight is 222 g/mol. The quantitative estimate of drug-likeness (QED) is 0.503. The van der Waals surface area contributed by atoms with Gasteiger partial charge in [0.2, 0.25) is 0 Å². The molecule has 0 atom stereocenters. The van der Waals surface area contributed by atoms with E-state index in [4.69, 9.17) is 4.43 Å². The van der Waals surface area contributed by atoms with Crippen molar-refractivity contribution >= 4 is 8.32 Å².